The quantitative estimate of drug-likeness (QED) is 0.495. The first-order valence-electron chi connectivity index (χ1n) is 6.61. The lowest BCUT2D eigenvalue weighted by atomic mass is 10.0. The molecule has 23 heavy (non-hydrogen) atoms. The molecule has 6 nitrogen and oxygen atoms in total. The summed E-state index contributed by atoms with van der Waals surface area (Å²) in [7, 11) is 1.29. The van der Waals surface area contributed by atoms with Gasteiger partial charge in [-0.1, -0.05) is 0 Å². The zero-order valence-corrected chi connectivity index (χ0v) is 13.0. The Morgan fingerprint density at radius 3 is 2.26 bits per heavy atom. The molecule has 0 saturated carbocycles. The third-order valence-corrected chi connectivity index (χ3v) is 2.69. The minimum atomic E-state index is -4.91. The standard InChI is InChI=1S/C14H17F3N2O4/c1-13(2,3)23-12(22)9(18-4)10(20)7-5-8(14(15,16)17)11(21)19-6-7/h5-6,9,18H,1-4H3,(H,19,21). The highest BCUT2D eigenvalue weighted by atomic mass is 19.4. The fourth-order valence-electron chi connectivity index (χ4n) is 1.72. The van der Waals surface area contributed by atoms with E-state index >= 15 is 0 Å². The van der Waals surface area contributed by atoms with Crippen molar-refractivity contribution in [3.63, 3.8) is 0 Å². The summed E-state index contributed by atoms with van der Waals surface area (Å²) in [4.78, 5) is 37.2. The van der Waals surface area contributed by atoms with Gasteiger partial charge in [0.15, 0.2) is 11.8 Å². The lowest BCUT2D eigenvalue weighted by Crippen LogP contribution is -2.45. The molecule has 1 unspecified atom stereocenters. The van der Waals surface area contributed by atoms with Crippen LogP contribution in [-0.2, 0) is 15.7 Å². The number of Topliss-reactive ketones (excluding diaryl/α,β-unsaturated/α-hetero) is 1. The van der Waals surface area contributed by atoms with E-state index in [1.165, 1.54) is 7.05 Å². The number of H-pyrrole nitrogens is 1. The van der Waals surface area contributed by atoms with Gasteiger partial charge in [-0.15, -0.1) is 0 Å². The third-order valence-electron chi connectivity index (χ3n) is 2.69. The Bertz CT molecular complexity index is 659. The van der Waals surface area contributed by atoms with Gasteiger partial charge in [0, 0.05) is 11.8 Å². The molecule has 2 N–H and O–H groups in total. The number of alkyl halides is 3. The van der Waals surface area contributed by atoms with Crippen molar-refractivity contribution in [2.45, 2.75) is 38.6 Å². The SMILES string of the molecule is CNC(C(=O)OC(C)(C)C)C(=O)c1c[nH]c(=O)c(C(F)(F)F)c1. The van der Waals surface area contributed by atoms with Gasteiger partial charge in [0.2, 0.25) is 0 Å². The summed E-state index contributed by atoms with van der Waals surface area (Å²) in [6.07, 6.45) is -4.08. The molecule has 1 atom stereocenters. The molecule has 1 rings (SSSR count). The van der Waals surface area contributed by atoms with E-state index in [1.54, 1.807) is 20.8 Å². The van der Waals surface area contributed by atoms with Crippen LogP contribution in [0.25, 0.3) is 0 Å². The number of pyridine rings is 1. The predicted octanol–water partition coefficient (Wildman–Crippen LogP) is 1.51. The van der Waals surface area contributed by atoms with E-state index in [-0.39, 0.29) is 0 Å². The summed E-state index contributed by atoms with van der Waals surface area (Å²) in [5.41, 5.74) is -4.20. The van der Waals surface area contributed by atoms with Gasteiger partial charge in [-0.3, -0.25) is 9.59 Å². The molecular weight excluding hydrogens is 317 g/mol. The lowest BCUT2D eigenvalue weighted by molar-refractivity contribution is -0.155. The Labute approximate surface area is 130 Å². The number of aromatic nitrogens is 1. The Kier molecular flexibility index (Phi) is 5.36. The topological polar surface area (TPSA) is 88.3 Å². The van der Waals surface area contributed by atoms with Crippen molar-refractivity contribution in [1.29, 1.82) is 0 Å². The predicted molar refractivity (Wildman–Crippen MR) is 75.1 cm³/mol. The van der Waals surface area contributed by atoms with Gasteiger partial charge in [-0.05, 0) is 33.9 Å². The van der Waals surface area contributed by atoms with Crippen molar-refractivity contribution < 1.29 is 27.5 Å². The summed E-state index contributed by atoms with van der Waals surface area (Å²) in [6, 6.07) is -1.07. The lowest BCUT2D eigenvalue weighted by Gasteiger charge is -2.23. The number of halogens is 3. The molecule has 0 amide bonds. The summed E-state index contributed by atoms with van der Waals surface area (Å²) >= 11 is 0. The molecule has 0 bridgehead atoms. The minimum absolute atomic E-state index is 0.413. The van der Waals surface area contributed by atoms with Crippen LogP contribution in [0.3, 0.4) is 0 Å². The van der Waals surface area contributed by atoms with Crippen LogP contribution in [0.15, 0.2) is 17.1 Å². The van der Waals surface area contributed by atoms with Crippen LogP contribution >= 0.6 is 0 Å². The molecule has 1 aromatic rings. The van der Waals surface area contributed by atoms with Crippen LogP contribution < -0.4 is 10.9 Å². The Morgan fingerprint density at radius 2 is 1.83 bits per heavy atom. The van der Waals surface area contributed by atoms with Crippen molar-refractivity contribution in [3.05, 3.63) is 33.7 Å². The Hall–Kier alpha value is -2.16. The maximum atomic E-state index is 12.7. The number of nitrogens with one attached hydrogen (secondary N) is 2. The number of hydrogen-bond donors (Lipinski definition) is 2. The van der Waals surface area contributed by atoms with Gasteiger partial charge in [0.05, 0.1) is 0 Å². The fraction of sp³-hybridized carbons (Fsp3) is 0.500. The number of aromatic amines is 1. The number of carbonyl (C=O) groups excluding carboxylic acids is 2. The van der Waals surface area contributed by atoms with Gasteiger partial charge in [0.25, 0.3) is 5.56 Å². The zero-order chi connectivity index (χ0) is 18.0. The highest BCUT2D eigenvalue weighted by Gasteiger charge is 2.36. The van der Waals surface area contributed by atoms with Crippen LogP contribution in [0.4, 0.5) is 13.2 Å². The normalized spacial score (nSPS) is 13.5. The fourth-order valence-corrected chi connectivity index (χ4v) is 1.72. The number of hydrogen-bond acceptors (Lipinski definition) is 5. The van der Waals surface area contributed by atoms with Gasteiger partial charge in [-0.25, -0.2) is 4.79 Å². The van der Waals surface area contributed by atoms with E-state index in [0.29, 0.717) is 6.07 Å². The molecule has 128 valence electrons. The van der Waals surface area contributed by atoms with E-state index < -0.39 is 46.3 Å². The molecule has 0 aliphatic rings. The summed E-state index contributed by atoms with van der Waals surface area (Å²) in [5, 5.41) is 2.40. The molecule has 0 aliphatic carbocycles. The van der Waals surface area contributed by atoms with E-state index in [4.69, 9.17) is 4.74 Å². The molecule has 0 spiro atoms. The summed E-state index contributed by atoms with van der Waals surface area (Å²) < 4.78 is 43.2. The molecule has 0 aliphatic heterocycles. The molecular formula is C14H17F3N2O4. The van der Waals surface area contributed by atoms with E-state index in [9.17, 15) is 27.6 Å². The van der Waals surface area contributed by atoms with Gasteiger partial charge >= 0.3 is 12.1 Å². The monoisotopic (exact) mass is 334 g/mol. The second-order valence-electron chi connectivity index (χ2n) is 5.75. The van der Waals surface area contributed by atoms with Crippen LogP contribution in [-0.4, -0.2) is 35.4 Å². The van der Waals surface area contributed by atoms with Crippen LogP contribution in [0.1, 0.15) is 36.7 Å². The first-order chi connectivity index (χ1) is 10.4. The average molecular weight is 334 g/mol. The van der Waals surface area contributed by atoms with Crippen molar-refractivity contribution >= 4 is 11.8 Å². The van der Waals surface area contributed by atoms with Crippen molar-refractivity contribution in [2.75, 3.05) is 7.05 Å². The zero-order valence-electron chi connectivity index (χ0n) is 13.0. The van der Waals surface area contributed by atoms with Gasteiger partial charge in [0.1, 0.15) is 11.2 Å². The molecule has 0 fully saturated rings. The highest BCUT2D eigenvalue weighted by Crippen LogP contribution is 2.27. The van der Waals surface area contributed by atoms with Crippen molar-refractivity contribution in [2.24, 2.45) is 0 Å². The smallest absolute Gasteiger partial charge is 0.421 e. The van der Waals surface area contributed by atoms with Crippen molar-refractivity contribution in [1.82, 2.24) is 10.3 Å². The molecule has 0 aromatic carbocycles. The Morgan fingerprint density at radius 1 is 1.26 bits per heavy atom. The number of likely N-dealkylation sites (N-methyl/N-ethyl adjacent to an activating group) is 1. The summed E-state index contributed by atoms with van der Waals surface area (Å²) in [6.45, 7) is 4.76. The number of esters is 1. The molecule has 1 heterocycles. The second kappa shape index (κ2) is 6.53. The highest BCUT2D eigenvalue weighted by molar-refractivity contribution is 6.12. The number of ether oxygens (including phenoxy) is 1. The first kappa shape index (κ1) is 18.9. The largest absolute Gasteiger partial charge is 0.458 e. The van der Waals surface area contributed by atoms with E-state index in [2.05, 4.69) is 5.32 Å². The van der Waals surface area contributed by atoms with E-state index in [1.807, 2.05) is 4.98 Å². The minimum Gasteiger partial charge on any atom is -0.458 e. The average Bonchev–Trinajstić information content (AvgIpc) is 2.36. The van der Waals surface area contributed by atoms with Gasteiger partial charge in [-0.2, -0.15) is 13.2 Å². The van der Waals surface area contributed by atoms with Crippen LogP contribution in [0, 0.1) is 0 Å². The van der Waals surface area contributed by atoms with Crippen molar-refractivity contribution in [3.8, 4) is 0 Å². The van der Waals surface area contributed by atoms with Gasteiger partial charge < -0.3 is 15.0 Å². The molecule has 1 aromatic heterocycles. The number of rotatable bonds is 4. The molecule has 0 saturated heterocycles. The molecule has 0 radical (unpaired) electrons. The van der Waals surface area contributed by atoms with Crippen LogP contribution in [0.5, 0.6) is 0 Å². The molecule has 9 heteroatoms. The van der Waals surface area contributed by atoms with E-state index in [0.717, 1.165) is 6.20 Å². The number of ketones is 1. The Balaban J connectivity index is 3.17. The number of carbonyl (C=O) groups is 2. The van der Waals surface area contributed by atoms with Crippen LogP contribution in [0.2, 0.25) is 0 Å². The maximum absolute atomic E-state index is 12.7. The third kappa shape index (κ3) is 4.92. The first-order valence-corrected chi connectivity index (χ1v) is 6.61. The maximum Gasteiger partial charge on any atom is 0.421 e. The summed E-state index contributed by atoms with van der Waals surface area (Å²) in [5.74, 6) is -1.87. The second-order valence-corrected chi connectivity index (χ2v) is 5.75.